The van der Waals surface area contributed by atoms with E-state index in [0.29, 0.717) is 35.2 Å². The molecule has 0 aliphatic carbocycles. The molecule has 3 atom stereocenters. The standard InChI is InChI=1S/C17H20Cl2N2O3/c1-10(21-4-6-24-7-5-21)13-9-14(17(23)20-16(13)22)12-3-2-11(18)8-15(12)19/h2-3,8,10,13-14H,4-7,9H2,1H3,(H,20,22,23). The highest BCUT2D eigenvalue weighted by molar-refractivity contribution is 6.35. The molecule has 1 aromatic rings. The zero-order chi connectivity index (χ0) is 17.3. The molecule has 2 fully saturated rings. The van der Waals surface area contributed by atoms with Crippen LogP contribution in [0.1, 0.15) is 24.8 Å². The topological polar surface area (TPSA) is 58.6 Å². The number of carbonyl (C=O) groups excluding carboxylic acids is 2. The van der Waals surface area contributed by atoms with E-state index in [0.717, 1.165) is 13.1 Å². The number of nitrogens with one attached hydrogen (secondary N) is 1. The van der Waals surface area contributed by atoms with Gasteiger partial charge in [-0.1, -0.05) is 29.3 Å². The van der Waals surface area contributed by atoms with Gasteiger partial charge >= 0.3 is 0 Å². The number of amides is 2. The summed E-state index contributed by atoms with van der Waals surface area (Å²) in [6.07, 6.45) is 0.449. The number of piperidine rings is 1. The predicted octanol–water partition coefficient (Wildman–Crippen LogP) is 2.46. The molecule has 1 aromatic carbocycles. The minimum Gasteiger partial charge on any atom is -0.379 e. The number of carbonyl (C=O) groups is 2. The van der Waals surface area contributed by atoms with Gasteiger partial charge in [-0.3, -0.25) is 19.8 Å². The zero-order valence-electron chi connectivity index (χ0n) is 13.4. The van der Waals surface area contributed by atoms with Crippen LogP contribution in [0.5, 0.6) is 0 Å². The number of benzene rings is 1. The summed E-state index contributed by atoms with van der Waals surface area (Å²) in [7, 11) is 0. The summed E-state index contributed by atoms with van der Waals surface area (Å²) >= 11 is 12.2. The third kappa shape index (κ3) is 3.59. The minimum absolute atomic E-state index is 0.0376. The number of nitrogens with zero attached hydrogens (tertiary/aromatic N) is 1. The Labute approximate surface area is 151 Å². The average Bonchev–Trinajstić information content (AvgIpc) is 2.56. The van der Waals surface area contributed by atoms with Gasteiger partial charge in [0.2, 0.25) is 11.8 Å². The van der Waals surface area contributed by atoms with Crippen LogP contribution in [0.2, 0.25) is 10.0 Å². The second kappa shape index (κ2) is 7.40. The van der Waals surface area contributed by atoms with Crippen molar-refractivity contribution in [2.75, 3.05) is 26.3 Å². The Hall–Kier alpha value is -1.14. The molecule has 24 heavy (non-hydrogen) atoms. The monoisotopic (exact) mass is 370 g/mol. The van der Waals surface area contributed by atoms with Gasteiger partial charge in [-0.05, 0) is 31.0 Å². The molecular weight excluding hydrogens is 351 g/mol. The van der Waals surface area contributed by atoms with Crippen molar-refractivity contribution in [3.63, 3.8) is 0 Å². The van der Waals surface area contributed by atoms with E-state index < -0.39 is 5.92 Å². The summed E-state index contributed by atoms with van der Waals surface area (Å²) in [5.74, 6) is -1.21. The number of hydrogen-bond acceptors (Lipinski definition) is 4. The Morgan fingerprint density at radius 3 is 2.58 bits per heavy atom. The summed E-state index contributed by atoms with van der Waals surface area (Å²) in [4.78, 5) is 26.9. The lowest BCUT2D eigenvalue weighted by Crippen LogP contribution is -2.54. The highest BCUT2D eigenvalue weighted by atomic mass is 35.5. The van der Waals surface area contributed by atoms with Crippen LogP contribution in [-0.2, 0) is 14.3 Å². The maximum atomic E-state index is 12.4. The highest BCUT2D eigenvalue weighted by Crippen LogP contribution is 2.35. The van der Waals surface area contributed by atoms with E-state index in [1.165, 1.54) is 0 Å². The minimum atomic E-state index is -0.444. The van der Waals surface area contributed by atoms with E-state index in [1.54, 1.807) is 18.2 Å². The fraction of sp³-hybridized carbons (Fsp3) is 0.529. The van der Waals surface area contributed by atoms with E-state index >= 15 is 0 Å². The molecule has 2 aliphatic heterocycles. The first-order valence-electron chi connectivity index (χ1n) is 8.09. The number of hydrogen-bond donors (Lipinski definition) is 1. The van der Waals surface area contributed by atoms with Gasteiger partial charge in [-0.15, -0.1) is 0 Å². The van der Waals surface area contributed by atoms with Crippen LogP contribution in [0.3, 0.4) is 0 Å². The van der Waals surface area contributed by atoms with Crippen LogP contribution in [0, 0.1) is 5.92 Å². The molecule has 0 bridgehead atoms. The maximum absolute atomic E-state index is 12.4. The first-order chi connectivity index (χ1) is 11.5. The Balaban J connectivity index is 1.81. The maximum Gasteiger partial charge on any atom is 0.234 e. The predicted molar refractivity (Wildman–Crippen MR) is 92.3 cm³/mol. The molecule has 0 aromatic heterocycles. The van der Waals surface area contributed by atoms with Gasteiger partial charge < -0.3 is 4.74 Å². The third-order valence-corrected chi connectivity index (χ3v) is 5.49. The fourth-order valence-corrected chi connectivity index (χ4v) is 4.02. The van der Waals surface area contributed by atoms with E-state index in [2.05, 4.69) is 10.2 Å². The van der Waals surface area contributed by atoms with Crippen molar-refractivity contribution < 1.29 is 14.3 Å². The molecule has 3 rings (SSSR count). The summed E-state index contributed by atoms with van der Waals surface area (Å²) in [5, 5.41) is 3.49. The second-order valence-electron chi connectivity index (χ2n) is 6.30. The molecule has 130 valence electrons. The summed E-state index contributed by atoms with van der Waals surface area (Å²) in [5.41, 5.74) is 0.713. The van der Waals surface area contributed by atoms with Crippen molar-refractivity contribution in [1.29, 1.82) is 0 Å². The summed E-state index contributed by atoms with van der Waals surface area (Å²) in [6.45, 7) is 4.97. The SMILES string of the molecule is CC(C1CC(c2ccc(Cl)cc2Cl)C(=O)NC1=O)N1CCOCC1. The quantitative estimate of drug-likeness (QED) is 0.830. The zero-order valence-corrected chi connectivity index (χ0v) is 14.9. The second-order valence-corrected chi connectivity index (χ2v) is 7.15. The highest BCUT2D eigenvalue weighted by Gasteiger charge is 2.40. The molecular formula is C17H20Cl2N2O3. The number of ether oxygens (including phenoxy) is 1. The van der Waals surface area contributed by atoms with E-state index in [9.17, 15) is 9.59 Å². The van der Waals surface area contributed by atoms with Gasteiger partial charge in [0.25, 0.3) is 0 Å². The molecule has 3 unspecified atom stereocenters. The van der Waals surface area contributed by atoms with Gasteiger partial charge in [0.1, 0.15) is 0 Å². The van der Waals surface area contributed by atoms with Crippen LogP contribution in [0.25, 0.3) is 0 Å². The molecule has 1 N–H and O–H groups in total. The Bertz CT molecular complexity index is 647. The van der Waals surface area contributed by atoms with E-state index in [-0.39, 0.29) is 23.8 Å². The number of imide groups is 1. The summed E-state index contributed by atoms with van der Waals surface area (Å²) < 4.78 is 5.37. The van der Waals surface area contributed by atoms with Crippen molar-refractivity contribution >= 4 is 35.0 Å². The van der Waals surface area contributed by atoms with E-state index in [1.807, 2.05) is 6.92 Å². The van der Waals surface area contributed by atoms with Crippen molar-refractivity contribution in [2.24, 2.45) is 5.92 Å². The molecule has 2 heterocycles. The third-order valence-electron chi connectivity index (χ3n) is 4.93. The molecule has 7 heteroatoms. The van der Waals surface area contributed by atoms with Crippen LogP contribution in [-0.4, -0.2) is 49.1 Å². The fourth-order valence-electron chi connectivity index (χ4n) is 3.48. The summed E-state index contributed by atoms with van der Waals surface area (Å²) in [6, 6.07) is 5.15. The number of halogens is 2. The number of rotatable bonds is 3. The molecule has 2 amide bonds. The molecule has 2 aliphatic rings. The lowest BCUT2D eigenvalue weighted by Gasteiger charge is -2.39. The van der Waals surface area contributed by atoms with Crippen LogP contribution >= 0.6 is 23.2 Å². The normalized spacial score (nSPS) is 27.0. The van der Waals surface area contributed by atoms with Gasteiger partial charge in [0.15, 0.2) is 0 Å². The molecule has 0 saturated carbocycles. The molecule has 0 radical (unpaired) electrons. The van der Waals surface area contributed by atoms with Crippen LogP contribution in [0.15, 0.2) is 18.2 Å². The first-order valence-corrected chi connectivity index (χ1v) is 8.84. The molecule has 0 spiro atoms. The van der Waals surface area contributed by atoms with Gasteiger partial charge in [0, 0.05) is 29.2 Å². The Kier molecular flexibility index (Phi) is 5.45. The van der Waals surface area contributed by atoms with Crippen molar-refractivity contribution in [2.45, 2.75) is 25.3 Å². The van der Waals surface area contributed by atoms with Gasteiger partial charge in [-0.2, -0.15) is 0 Å². The first kappa shape index (κ1) is 17.7. The van der Waals surface area contributed by atoms with Gasteiger partial charge in [-0.25, -0.2) is 0 Å². The Morgan fingerprint density at radius 2 is 1.92 bits per heavy atom. The largest absolute Gasteiger partial charge is 0.379 e. The van der Waals surface area contributed by atoms with Crippen LogP contribution < -0.4 is 5.32 Å². The van der Waals surface area contributed by atoms with Crippen molar-refractivity contribution in [1.82, 2.24) is 10.2 Å². The van der Waals surface area contributed by atoms with E-state index in [4.69, 9.17) is 27.9 Å². The smallest absolute Gasteiger partial charge is 0.234 e. The molecule has 2 saturated heterocycles. The van der Waals surface area contributed by atoms with Gasteiger partial charge in [0.05, 0.1) is 25.0 Å². The van der Waals surface area contributed by atoms with Crippen LogP contribution in [0.4, 0.5) is 0 Å². The van der Waals surface area contributed by atoms with Crippen molar-refractivity contribution in [3.05, 3.63) is 33.8 Å². The lowest BCUT2D eigenvalue weighted by molar-refractivity contribution is -0.140. The number of morpholine rings is 1. The Morgan fingerprint density at radius 1 is 1.21 bits per heavy atom. The molecule has 5 nitrogen and oxygen atoms in total. The van der Waals surface area contributed by atoms with Crippen molar-refractivity contribution in [3.8, 4) is 0 Å². The average molecular weight is 371 g/mol. The lowest BCUT2D eigenvalue weighted by atomic mass is 9.80.